The average Bonchev–Trinajstić information content (AvgIpc) is 2.91. The summed E-state index contributed by atoms with van der Waals surface area (Å²) in [4.78, 5) is 2.40. The van der Waals surface area contributed by atoms with Crippen LogP contribution in [0.2, 0.25) is 0 Å². The summed E-state index contributed by atoms with van der Waals surface area (Å²) in [7, 11) is 1.56. The SMILES string of the molecule is COc1cc(C=CCN2Cc3ccccc3C2)ccc1O. The second-order valence-corrected chi connectivity index (χ2v) is 5.27. The number of hydrogen-bond donors (Lipinski definition) is 1. The lowest BCUT2D eigenvalue weighted by Crippen LogP contribution is -2.15. The minimum Gasteiger partial charge on any atom is -0.504 e. The van der Waals surface area contributed by atoms with Crippen molar-refractivity contribution in [2.75, 3.05) is 13.7 Å². The van der Waals surface area contributed by atoms with Crippen LogP contribution in [0.3, 0.4) is 0 Å². The van der Waals surface area contributed by atoms with Crippen LogP contribution in [0.5, 0.6) is 11.5 Å². The second-order valence-electron chi connectivity index (χ2n) is 5.27. The standard InChI is InChI=1S/C18H19NO2/c1-21-18-11-14(8-9-17(18)20)5-4-10-19-12-15-6-2-3-7-16(15)13-19/h2-9,11,20H,10,12-13H2,1H3. The molecule has 108 valence electrons. The van der Waals surface area contributed by atoms with Gasteiger partial charge in [-0.3, -0.25) is 4.90 Å². The van der Waals surface area contributed by atoms with Gasteiger partial charge in [0.05, 0.1) is 7.11 Å². The molecule has 1 heterocycles. The molecule has 3 heteroatoms. The smallest absolute Gasteiger partial charge is 0.161 e. The minimum absolute atomic E-state index is 0.171. The van der Waals surface area contributed by atoms with Crippen molar-refractivity contribution in [1.82, 2.24) is 4.90 Å². The molecular formula is C18H19NO2. The Morgan fingerprint density at radius 2 is 1.86 bits per heavy atom. The molecule has 0 fully saturated rings. The molecule has 1 aliphatic heterocycles. The predicted octanol–water partition coefficient (Wildman–Crippen LogP) is 3.43. The van der Waals surface area contributed by atoms with E-state index in [-0.39, 0.29) is 5.75 Å². The molecule has 3 nitrogen and oxygen atoms in total. The molecule has 0 unspecified atom stereocenters. The molecule has 0 spiro atoms. The summed E-state index contributed by atoms with van der Waals surface area (Å²) in [6.07, 6.45) is 4.21. The van der Waals surface area contributed by atoms with E-state index in [9.17, 15) is 5.11 Å². The van der Waals surface area contributed by atoms with Gasteiger partial charge in [-0.05, 0) is 28.8 Å². The van der Waals surface area contributed by atoms with Crippen LogP contribution in [-0.2, 0) is 13.1 Å². The van der Waals surface area contributed by atoms with Gasteiger partial charge < -0.3 is 9.84 Å². The number of hydrogen-bond acceptors (Lipinski definition) is 3. The van der Waals surface area contributed by atoms with Gasteiger partial charge in [-0.15, -0.1) is 0 Å². The van der Waals surface area contributed by atoms with E-state index in [1.807, 2.05) is 12.1 Å². The summed E-state index contributed by atoms with van der Waals surface area (Å²) in [5, 5.41) is 9.58. The third kappa shape index (κ3) is 3.09. The van der Waals surface area contributed by atoms with Crippen LogP contribution in [0.4, 0.5) is 0 Å². The Kier molecular flexibility index (Phi) is 3.93. The topological polar surface area (TPSA) is 32.7 Å². The maximum Gasteiger partial charge on any atom is 0.161 e. The zero-order valence-corrected chi connectivity index (χ0v) is 12.1. The summed E-state index contributed by atoms with van der Waals surface area (Å²) < 4.78 is 5.11. The van der Waals surface area contributed by atoms with Crippen molar-refractivity contribution >= 4 is 6.08 Å². The number of rotatable bonds is 4. The third-order valence-corrected chi connectivity index (χ3v) is 3.78. The van der Waals surface area contributed by atoms with Gasteiger partial charge in [-0.1, -0.05) is 42.5 Å². The summed E-state index contributed by atoms with van der Waals surface area (Å²) in [6.45, 7) is 2.94. The van der Waals surface area contributed by atoms with Gasteiger partial charge >= 0.3 is 0 Å². The zero-order valence-electron chi connectivity index (χ0n) is 12.1. The average molecular weight is 281 g/mol. The fourth-order valence-electron chi connectivity index (χ4n) is 2.67. The number of fused-ring (bicyclic) bond motifs is 1. The van der Waals surface area contributed by atoms with Gasteiger partial charge in [0, 0.05) is 19.6 Å². The van der Waals surface area contributed by atoms with Crippen LogP contribution in [0.1, 0.15) is 16.7 Å². The predicted molar refractivity (Wildman–Crippen MR) is 84.2 cm³/mol. The third-order valence-electron chi connectivity index (χ3n) is 3.78. The zero-order chi connectivity index (χ0) is 14.7. The minimum atomic E-state index is 0.171. The van der Waals surface area contributed by atoms with Crippen LogP contribution >= 0.6 is 0 Å². The maximum absolute atomic E-state index is 9.58. The number of benzene rings is 2. The van der Waals surface area contributed by atoms with Crippen molar-refractivity contribution in [3.63, 3.8) is 0 Å². The molecule has 0 radical (unpaired) electrons. The Morgan fingerprint density at radius 1 is 1.14 bits per heavy atom. The number of aromatic hydroxyl groups is 1. The van der Waals surface area contributed by atoms with Crippen molar-refractivity contribution in [3.8, 4) is 11.5 Å². The molecule has 0 amide bonds. The molecular weight excluding hydrogens is 262 g/mol. The highest BCUT2D eigenvalue weighted by Crippen LogP contribution is 2.27. The number of methoxy groups -OCH3 is 1. The number of phenols is 1. The summed E-state index contributed by atoms with van der Waals surface area (Å²) in [5.41, 5.74) is 3.88. The molecule has 2 aromatic carbocycles. The molecule has 0 bridgehead atoms. The van der Waals surface area contributed by atoms with Crippen molar-refractivity contribution < 1.29 is 9.84 Å². The molecule has 1 N–H and O–H groups in total. The van der Waals surface area contributed by atoms with E-state index < -0.39 is 0 Å². The second kappa shape index (κ2) is 6.02. The summed E-state index contributed by atoms with van der Waals surface area (Å²) in [6, 6.07) is 14.0. The van der Waals surface area contributed by atoms with E-state index in [1.165, 1.54) is 11.1 Å². The highest BCUT2D eigenvalue weighted by molar-refractivity contribution is 5.55. The fraction of sp³-hybridized carbons (Fsp3) is 0.222. The van der Waals surface area contributed by atoms with Gasteiger partial charge in [0.2, 0.25) is 0 Å². The first-order valence-electron chi connectivity index (χ1n) is 7.09. The quantitative estimate of drug-likeness (QED) is 0.932. The highest BCUT2D eigenvalue weighted by atomic mass is 16.5. The van der Waals surface area contributed by atoms with Crippen LogP contribution in [0, 0.1) is 0 Å². The lowest BCUT2D eigenvalue weighted by atomic mass is 10.1. The molecule has 1 aliphatic rings. The van der Waals surface area contributed by atoms with Gasteiger partial charge in [0.25, 0.3) is 0 Å². The molecule has 2 aromatic rings. The molecule has 0 aromatic heterocycles. The molecule has 0 aliphatic carbocycles. The molecule has 3 rings (SSSR count). The van der Waals surface area contributed by atoms with Gasteiger partial charge in [-0.25, -0.2) is 0 Å². The Hall–Kier alpha value is -2.26. The van der Waals surface area contributed by atoms with E-state index in [0.29, 0.717) is 5.75 Å². The summed E-state index contributed by atoms with van der Waals surface area (Å²) in [5.74, 6) is 0.676. The van der Waals surface area contributed by atoms with Gasteiger partial charge in [0.1, 0.15) is 0 Å². The van der Waals surface area contributed by atoms with Crippen molar-refractivity contribution in [1.29, 1.82) is 0 Å². The normalized spacial score (nSPS) is 14.5. The van der Waals surface area contributed by atoms with Crippen LogP contribution in [0.25, 0.3) is 6.08 Å². The van der Waals surface area contributed by atoms with Crippen molar-refractivity contribution in [2.45, 2.75) is 13.1 Å². The van der Waals surface area contributed by atoms with E-state index in [1.54, 1.807) is 13.2 Å². The van der Waals surface area contributed by atoms with E-state index in [0.717, 1.165) is 25.2 Å². The molecule has 0 saturated heterocycles. The van der Waals surface area contributed by atoms with Gasteiger partial charge in [-0.2, -0.15) is 0 Å². The fourth-order valence-corrected chi connectivity index (χ4v) is 2.67. The Morgan fingerprint density at radius 3 is 2.52 bits per heavy atom. The molecule has 21 heavy (non-hydrogen) atoms. The highest BCUT2D eigenvalue weighted by Gasteiger charge is 2.16. The number of nitrogens with zero attached hydrogens (tertiary/aromatic N) is 1. The molecule has 0 saturated carbocycles. The Balaban J connectivity index is 1.61. The largest absolute Gasteiger partial charge is 0.504 e. The van der Waals surface area contributed by atoms with Crippen LogP contribution < -0.4 is 4.74 Å². The van der Waals surface area contributed by atoms with E-state index >= 15 is 0 Å². The van der Waals surface area contributed by atoms with Crippen LogP contribution in [0.15, 0.2) is 48.5 Å². The number of phenolic OH excluding ortho intramolecular Hbond substituents is 1. The first-order valence-corrected chi connectivity index (χ1v) is 7.09. The first kappa shape index (κ1) is 13.7. The number of ether oxygens (including phenoxy) is 1. The van der Waals surface area contributed by atoms with Gasteiger partial charge in [0.15, 0.2) is 11.5 Å². The Bertz CT molecular complexity index is 639. The maximum atomic E-state index is 9.58. The molecule has 0 atom stereocenters. The monoisotopic (exact) mass is 281 g/mol. The van der Waals surface area contributed by atoms with Crippen molar-refractivity contribution in [2.24, 2.45) is 0 Å². The van der Waals surface area contributed by atoms with E-state index in [2.05, 4.69) is 41.3 Å². The summed E-state index contributed by atoms with van der Waals surface area (Å²) >= 11 is 0. The van der Waals surface area contributed by atoms with Crippen molar-refractivity contribution in [3.05, 3.63) is 65.2 Å². The Labute approximate surface area is 125 Å². The lowest BCUT2D eigenvalue weighted by molar-refractivity contribution is 0.317. The first-order chi connectivity index (χ1) is 10.3. The van der Waals surface area contributed by atoms with Crippen LogP contribution in [-0.4, -0.2) is 23.7 Å². The van der Waals surface area contributed by atoms with E-state index in [4.69, 9.17) is 4.74 Å². The lowest BCUT2D eigenvalue weighted by Gasteiger charge is -2.11.